The molecule has 1 rings (SSSR count). The first-order valence-corrected chi connectivity index (χ1v) is 7.10. The summed E-state index contributed by atoms with van der Waals surface area (Å²) in [7, 11) is 3.13. The number of rotatable bonds is 6. The van der Waals surface area contributed by atoms with Crippen LogP contribution in [0.2, 0.25) is 0 Å². The van der Waals surface area contributed by atoms with Crippen molar-refractivity contribution in [3.8, 4) is 11.5 Å². The van der Waals surface area contributed by atoms with E-state index in [1.165, 1.54) is 0 Å². The molecule has 0 aliphatic rings. The molecule has 124 valence electrons. The van der Waals surface area contributed by atoms with E-state index in [2.05, 4.69) is 5.32 Å². The third kappa shape index (κ3) is 5.81. The molecule has 2 N–H and O–H groups in total. The van der Waals surface area contributed by atoms with Crippen molar-refractivity contribution >= 4 is 6.09 Å². The number of aliphatic hydroxyl groups is 1. The summed E-state index contributed by atoms with van der Waals surface area (Å²) in [5.41, 5.74) is 0.334. The van der Waals surface area contributed by atoms with Crippen LogP contribution in [0.15, 0.2) is 18.2 Å². The van der Waals surface area contributed by atoms with Gasteiger partial charge in [0.2, 0.25) is 0 Å². The molecule has 22 heavy (non-hydrogen) atoms. The van der Waals surface area contributed by atoms with Gasteiger partial charge in [0.05, 0.1) is 26.9 Å². The van der Waals surface area contributed by atoms with Gasteiger partial charge in [0.25, 0.3) is 0 Å². The number of aliphatic hydroxyl groups excluding tert-OH is 1. The third-order valence-electron chi connectivity index (χ3n) is 2.87. The Balaban J connectivity index is 2.72. The molecule has 6 heteroatoms. The molecule has 1 aromatic carbocycles. The number of carbonyl (C=O) groups excluding carboxylic acids is 1. The fraction of sp³-hybridized carbons (Fsp3) is 0.562. The maximum atomic E-state index is 11.8. The van der Waals surface area contributed by atoms with Gasteiger partial charge in [-0.25, -0.2) is 4.79 Å². The number of hydrogen-bond donors (Lipinski definition) is 2. The maximum Gasteiger partial charge on any atom is 0.407 e. The van der Waals surface area contributed by atoms with Gasteiger partial charge in [0, 0.05) is 0 Å². The highest BCUT2D eigenvalue weighted by Gasteiger charge is 2.19. The molecule has 0 saturated heterocycles. The zero-order valence-electron chi connectivity index (χ0n) is 13.8. The van der Waals surface area contributed by atoms with Gasteiger partial charge in [-0.3, -0.25) is 0 Å². The predicted octanol–water partition coefficient (Wildman–Crippen LogP) is 2.13. The van der Waals surface area contributed by atoms with Gasteiger partial charge in [-0.2, -0.15) is 0 Å². The Morgan fingerprint density at radius 3 is 2.36 bits per heavy atom. The molecule has 0 heterocycles. The van der Waals surface area contributed by atoms with Crippen molar-refractivity contribution in [2.45, 2.75) is 38.8 Å². The largest absolute Gasteiger partial charge is 0.493 e. The SMILES string of the molecule is COc1ccc(C[C@@H](CO)NC(=O)OC(C)(C)C)cc1OC. The lowest BCUT2D eigenvalue weighted by molar-refractivity contribution is 0.0483. The van der Waals surface area contributed by atoms with Crippen molar-refractivity contribution in [3.05, 3.63) is 23.8 Å². The van der Waals surface area contributed by atoms with Gasteiger partial charge < -0.3 is 24.6 Å². The van der Waals surface area contributed by atoms with Crippen LogP contribution >= 0.6 is 0 Å². The van der Waals surface area contributed by atoms with Crippen molar-refractivity contribution in [3.63, 3.8) is 0 Å². The normalized spacial score (nSPS) is 12.5. The zero-order chi connectivity index (χ0) is 16.8. The first-order chi connectivity index (χ1) is 10.3. The van der Waals surface area contributed by atoms with E-state index in [0.29, 0.717) is 17.9 Å². The number of benzene rings is 1. The summed E-state index contributed by atoms with van der Waals surface area (Å²) >= 11 is 0. The van der Waals surface area contributed by atoms with Crippen molar-refractivity contribution in [1.29, 1.82) is 0 Å². The average molecular weight is 311 g/mol. The lowest BCUT2D eigenvalue weighted by Crippen LogP contribution is -2.42. The minimum Gasteiger partial charge on any atom is -0.493 e. The second-order valence-corrected chi connectivity index (χ2v) is 5.92. The van der Waals surface area contributed by atoms with Crippen LogP contribution in [-0.4, -0.2) is 43.7 Å². The molecule has 0 saturated carbocycles. The van der Waals surface area contributed by atoms with Crippen molar-refractivity contribution in [2.24, 2.45) is 0 Å². The van der Waals surface area contributed by atoms with Crippen LogP contribution in [0.5, 0.6) is 11.5 Å². The van der Waals surface area contributed by atoms with Crippen LogP contribution in [-0.2, 0) is 11.2 Å². The zero-order valence-corrected chi connectivity index (χ0v) is 13.8. The second-order valence-electron chi connectivity index (χ2n) is 5.92. The Morgan fingerprint density at radius 2 is 1.86 bits per heavy atom. The molecule has 0 spiro atoms. The van der Waals surface area contributed by atoms with Crippen molar-refractivity contribution < 1.29 is 24.1 Å². The predicted molar refractivity (Wildman–Crippen MR) is 83.5 cm³/mol. The van der Waals surface area contributed by atoms with E-state index < -0.39 is 17.7 Å². The van der Waals surface area contributed by atoms with E-state index in [-0.39, 0.29) is 6.61 Å². The van der Waals surface area contributed by atoms with E-state index in [9.17, 15) is 9.90 Å². The molecule has 0 aromatic heterocycles. The highest BCUT2D eigenvalue weighted by atomic mass is 16.6. The Bertz CT molecular complexity index is 496. The van der Waals surface area contributed by atoms with Crippen LogP contribution in [0.4, 0.5) is 4.79 Å². The quantitative estimate of drug-likeness (QED) is 0.841. The van der Waals surface area contributed by atoms with Crippen molar-refractivity contribution in [1.82, 2.24) is 5.32 Å². The summed E-state index contributed by atoms with van der Waals surface area (Å²) in [6.45, 7) is 5.17. The number of ether oxygens (including phenoxy) is 3. The molecule has 0 fully saturated rings. The smallest absolute Gasteiger partial charge is 0.407 e. The van der Waals surface area contributed by atoms with Crippen LogP contribution in [0.1, 0.15) is 26.3 Å². The monoisotopic (exact) mass is 311 g/mol. The minimum atomic E-state index is -0.576. The standard InChI is InChI=1S/C16H25NO5/c1-16(2,3)22-15(19)17-12(10-18)8-11-6-7-13(20-4)14(9-11)21-5/h6-7,9,12,18H,8,10H2,1-5H3,(H,17,19)/t12-/m0/s1. The fourth-order valence-corrected chi connectivity index (χ4v) is 1.93. The van der Waals surface area contributed by atoms with E-state index in [1.807, 2.05) is 12.1 Å². The number of hydrogen-bond acceptors (Lipinski definition) is 5. The summed E-state index contributed by atoms with van der Waals surface area (Å²) < 4.78 is 15.6. The molecule has 0 radical (unpaired) electrons. The fourth-order valence-electron chi connectivity index (χ4n) is 1.93. The Hall–Kier alpha value is -1.95. The lowest BCUT2D eigenvalue weighted by atomic mass is 10.1. The van der Waals surface area contributed by atoms with Crippen LogP contribution in [0.3, 0.4) is 0 Å². The molecule has 1 aromatic rings. The number of alkyl carbamates (subject to hydrolysis) is 1. The second kappa shape index (κ2) is 7.89. The number of nitrogens with one attached hydrogen (secondary N) is 1. The van der Waals surface area contributed by atoms with Gasteiger partial charge in [0.15, 0.2) is 11.5 Å². The number of amides is 1. The Kier molecular flexibility index (Phi) is 6.49. The van der Waals surface area contributed by atoms with Gasteiger partial charge in [0.1, 0.15) is 5.60 Å². The molecular weight excluding hydrogens is 286 g/mol. The molecule has 0 unspecified atom stereocenters. The summed E-state index contributed by atoms with van der Waals surface area (Å²) in [6, 6.07) is 5.03. The molecule has 1 amide bonds. The molecule has 0 aliphatic heterocycles. The molecule has 0 aliphatic carbocycles. The highest BCUT2D eigenvalue weighted by Crippen LogP contribution is 2.28. The first-order valence-electron chi connectivity index (χ1n) is 7.10. The Labute approximate surface area is 131 Å². The average Bonchev–Trinajstić information content (AvgIpc) is 2.44. The van der Waals surface area contributed by atoms with Gasteiger partial charge in [-0.15, -0.1) is 0 Å². The first kappa shape index (κ1) is 18.1. The minimum absolute atomic E-state index is 0.187. The van der Waals surface area contributed by atoms with Gasteiger partial charge in [-0.1, -0.05) is 6.07 Å². The topological polar surface area (TPSA) is 77.0 Å². The summed E-state index contributed by atoms with van der Waals surface area (Å²) in [5, 5.41) is 12.1. The van der Waals surface area contributed by atoms with Crippen molar-refractivity contribution in [2.75, 3.05) is 20.8 Å². The van der Waals surface area contributed by atoms with Crippen LogP contribution < -0.4 is 14.8 Å². The molecule has 6 nitrogen and oxygen atoms in total. The van der Waals surface area contributed by atoms with E-state index in [4.69, 9.17) is 14.2 Å². The molecule has 1 atom stereocenters. The molecule has 0 bridgehead atoms. The molecular formula is C16H25NO5. The maximum absolute atomic E-state index is 11.8. The van der Waals surface area contributed by atoms with Gasteiger partial charge in [-0.05, 0) is 44.9 Å². The number of methoxy groups -OCH3 is 2. The summed E-state index contributed by atoms with van der Waals surface area (Å²) in [6.07, 6.45) is -0.0946. The van der Waals surface area contributed by atoms with Crippen LogP contribution in [0, 0.1) is 0 Å². The van der Waals surface area contributed by atoms with E-state index in [1.54, 1.807) is 41.1 Å². The highest BCUT2D eigenvalue weighted by molar-refractivity contribution is 5.68. The summed E-state index contributed by atoms with van der Waals surface area (Å²) in [5.74, 6) is 1.24. The third-order valence-corrected chi connectivity index (χ3v) is 2.87. The van der Waals surface area contributed by atoms with Gasteiger partial charge >= 0.3 is 6.09 Å². The lowest BCUT2D eigenvalue weighted by Gasteiger charge is -2.23. The van der Waals surface area contributed by atoms with E-state index in [0.717, 1.165) is 5.56 Å². The van der Waals surface area contributed by atoms with Crippen LogP contribution in [0.25, 0.3) is 0 Å². The van der Waals surface area contributed by atoms with E-state index >= 15 is 0 Å². The Morgan fingerprint density at radius 1 is 1.23 bits per heavy atom. The summed E-state index contributed by atoms with van der Waals surface area (Å²) in [4.78, 5) is 11.8. The number of carbonyl (C=O) groups is 1.